The lowest BCUT2D eigenvalue weighted by atomic mass is 9.84. The summed E-state index contributed by atoms with van der Waals surface area (Å²) in [5.41, 5.74) is 0.715. The average molecular weight is 343 g/mol. The molecule has 3 saturated heterocycles. The number of carbonyl (C=O) groups is 1. The maximum atomic E-state index is 12.5. The van der Waals surface area contributed by atoms with Crippen molar-refractivity contribution >= 4 is 17.7 Å². The van der Waals surface area contributed by atoms with E-state index >= 15 is 0 Å². The van der Waals surface area contributed by atoms with Crippen LogP contribution < -0.4 is 5.32 Å². The van der Waals surface area contributed by atoms with Crippen molar-refractivity contribution in [1.82, 2.24) is 15.4 Å². The molecule has 1 N–H and O–H groups in total. The summed E-state index contributed by atoms with van der Waals surface area (Å²) in [6.07, 6.45) is 2.41. The Morgan fingerprint density at radius 1 is 1.29 bits per heavy atom. The Morgan fingerprint density at radius 3 is 2.62 bits per heavy atom. The fourth-order valence-electron chi connectivity index (χ4n) is 3.57. The van der Waals surface area contributed by atoms with Gasteiger partial charge in [0.25, 0.3) is 5.91 Å². The van der Waals surface area contributed by atoms with Gasteiger partial charge in [-0.1, -0.05) is 16.9 Å². The molecular formula is C18H21N3O2S. The highest BCUT2D eigenvalue weighted by Crippen LogP contribution is 2.29. The number of rotatable bonds is 4. The van der Waals surface area contributed by atoms with E-state index in [1.165, 1.54) is 37.7 Å². The number of carbonyl (C=O) groups excluding carboxylic acids is 1. The van der Waals surface area contributed by atoms with E-state index in [1.54, 1.807) is 0 Å². The smallest absolute Gasteiger partial charge is 0.251 e. The molecule has 0 spiro atoms. The zero-order chi connectivity index (χ0) is 16.5. The molecule has 3 fully saturated rings. The molecule has 2 aromatic rings. The largest absolute Gasteiger partial charge is 0.361 e. The highest BCUT2D eigenvalue weighted by Gasteiger charge is 2.34. The van der Waals surface area contributed by atoms with E-state index in [1.807, 2.05) is 37.3 Å². The highest BCUT2D eigenvalue weighted by atomic mass is 32.2. The first-order valence-electron chi connectivity index (χ1n) is 8.42. The van der Waals surface area contributed by atoms with E-state index in [9.17, 15) is 4.79 Å². The van der Waals surface area contributed by atoms with Gasteiger partial charge in [-0.15, -0.1) is 0 Å². The topological polar surface area (TPSA) is 58.4 Å². The molecule has 5 rings (SSSR count). The Labute approximate surface area is 145 Å². The average Bonchev–Trinajstić information content (AvgIpc) is 3.01. The molecule has 2 bridgehead atoms. The summed E-state index contributed by atoms with van der Waals surface area (Å²) < 4.78 is 5.07. The Morgan fingerprint density at radius 2 is 2.04 bits per heavy atom. The Bertz CT molecular complexity index is 720. The Balaban J connectivity index is 1.38. The van der Waals surface area contributed by atoms with Gasteiger partial charge in [-0.2, -0.15) is 0 Å². The maximum absolute atomic E-state index is 12.5. The van der Waals surface area contributed by atoms with Crippen molar-refractivity contribution in [2.24, 2.45) is 5.92 Å². The number of fused-ring (bicyclic) bond motifs is 3. The third-order valence-electron chi connectivity index (χ3n) is 4.92. The zero-order valence-corrected chi connectivity index (χ0v) is 14.5. The van der Waals surface area contributed by atoms with Gasteiger partial charge in [-0.05, 0) is 63.0 Å². The highest BCUT2D eigenvalue weighted by molar-refractivity contribution is 7.99. The standard InChI is InChI=1S/C18H21N3O2S/c1-12-10-17(20-23-12)24-15-4-2-14(3-5-15)18(22)19-16-11-21-8-6-13(16)7-9-21/h2-5,10,13,16H,6-9,11H2,1H3,(H,19,22). The van der Waals surface area contributed by atoms with Crippen LogP contribution in [-0.4, -0.2) is 41.6 Å². The van der Waals surface area contributed by atoms with E-state index in [0.29, 0.717) is 17.5 Å². The van der Waals surface area contributed by atoms with Crippen molar-refractivity contribution in [3.8, 4) is 0 Å². The van der Waals surface area contributed by atoms with Gasteiger partial charge in [0.2, 0.25) is 0 Å². The van der Waals surface area contributed by atoms with Crippen LogP contribution in [0.3, 0.4) is 0 Å². The fraction of sp³-hybridized carbons (Fsp3) is 0.444. The molecule has 0 saturated carbocycles. The number of aryl methyl sites for hydroxylation is 1. The molecular weight excluding hydrogens is 322 g/mol. The molecule has 1 aromatic carbocycles. The summed E-state index contributed by atoms with van der Waals surface area (Å²) in [4.78, 5) is 16.0. The number of hydrogen-bond donors (Lipinski definition) is 1. The monoisotopic (exact) mass is 343 g/mol. The molecule has 3 aliphatic heterocycles. The molecule has 3 aliphatic rings. The van der Waals surface area contributed by atoms with E-state index < -0.39 is 0 Å². The lowest BCUT2D eigenvalue weighted by molar-refractivity contribution is 0.0620. The van der Waals surface area contributed by atoms with Gasteiger partial charge in [0.15, 0.2) is 0 Å². The first-order chi connectivity index (χ1) is 11.7. The van der Waals surface area contributed by atoms with Crippen LogP contribution in [0.2, 0.25) is 0 Å². The van der Waals surface area contributed by atoms with Crippen molar-refractivity contribution in [2.45, 2.75) is 35.7 Å². The van der Waals surface area contributed by atoms with E-state index in [-0.39, 0.29) is 5.91 Å². The van der Waals surface area contributed by atoms with Gasteiger partial charge >= 0.3 is 0 Å². The number of aromatic nitrogens is 1. The van der Waals surface area contributed by atoms with Crippen LogP contribution in [0.25, 0.3) is 0 Å². The van der Waals surface area contributed by atoms with Gasteiger partial charge in [0.05, 0.1) is 0 Å². The van der Waals surface area contributed by atoms with Crippen molar-refractivity contribution < 1.29 is 9.32 Å². The molecule has 4 heterocycles. The van der Waals surface area contributed by atoms with Crippen LogP contribution >= 0.6 is 11.8 Å². The van der Waals surface area contributed by atoms with Crippen LogP contribution in [0, 0.1) is 12.8 Å². The third kappa shape index (κ3) is 3.35. The lowest BCUT2D eigenvalue weighted by Crippen LogP contribution is -2.57. The van der Waals surface area contributed by atoms with Crippen molar-refractivity contribution in [3.63, 3.8) is 0 Å². The van der Waals surface area contributed by atoms with Gasteiger partial charge in [-0.3, -0.25) is 4.79 Å². The predicted octanol–water partition coefficient (Wildman–Crippen LogP) is 2.96. The molecule has 0 aliphatic carbocycles. The second-order valence-corrected chi connectivity index (χ2v) is 7.71. The van der Waals surface area contributed by atoms with Crippen molar-refractivity contribution in [2.75, 3.05) is 19.6 Å². The van der Waals surface area contributed by atoms with Crippen LogP contribution in [0.5, 0.6) is 0 Å². The van der Waals surface area contributed by atoms with Gasteiger partial charge < -0.3 is 14.7 Å². The van der Waals surface area contributed by atoms with Crippen LogP contribution in [0.1, 0.15) is 29.0 Å². The van der Waals surface area contributed by atoms with Crippen molar-refractivity contribution in [3.05, 3.63) is 41.7 Å². The Hall–Kier alpha value is -1.79. The minimum absolute atomic E-state index is 0.0302. The zero-order valence-electron chi connectivity index (χ0n) is 13.7. The second-order valence-electron chi connectivity index (χ2n) is 6.62. The summed E-state index contributed by atoms with van der Waals surface area (Å²) in [7, 11) is 0. The van der Waals surface area contributed by atoms with Gasteiger partial charge in [-0.25, -0.2) is 0 Å². The molecule has 24 heavy (non-hydrogen) atoms. The molecule has 1 unspecified atom stereocenters. The summed E-state index contributed by atoms with van der Waals surface area (Å²) in [5.74, 6) is 1.47. The summed E-state index contributed by atoms with van der Waals surface area (Å²) in [6, 6.07) is 9.88. The summed E-state index contributed by atoms with van der Waals surface area (Å²) >= 11 is 1.53. The van der Waals surface area contributed by atoms with E-state index in [2.05, 4.69) is 15.4 Å². The summed E-state index contributed by atoms with van der Waals surface area (Å²) in [5, 5.41) is 8.03. The maximum Gasteiger partial charge on any atom is 0.251 e. The van der Waals surface area contributed by atoms with Gasteiger partial charge in [0, 0.05) is 29.1 Å². The molecule has 1 amide bonds. The molecule has 1 atom stereocenters. The quantitative estimate of drug-likeness (QED) is 0.925. The molecule has 126 valence electrons. The molecule has 5 nitrogen and oxygen atoms in total. The van der Waals surface area contributed by atoms with Crippen LogP contribution in [0.15, 0.2) is 44.8 Å². The fourth-order valence-corrected chi connectivity index (χ4v) is 4.38. The van der Waals surface area contributed by atoms with Crippen LogP contribution in [0.4, 0.5) is 0 Å². The first-order valence-corrected chi connectivity index (χ1v) is 9.23. The minimum Gasteiger partial charge on any atom is -0.361 e. The molecule has 1 aromatic heterocycles. The molecule has 0 radical (unpaired) electrons. The number of nitrogens with zero attached hydrogens (tertiary/aromatic N) is 2. The lowest BCUT2D eigenvalue weighted by Gasteiger charge is -2.44. The SMILES string of the molecule is Cc1cc(Sc2ccc(C(=O)NC3CN4CCC3CC4)cc2)no1. The van der Waals surface area contributed by atoms with E-state index in [4.69, 9.17) is 4.52 Å². The third-order valence-corrected chi connectivity index (χ3v) is 5.83. The molecule has 6 heteroatoms. The number of benzene rings is 1. The number of nitrogens with one attached hydrogen (secondary N) is 1. The second kappa shape index (κ2) is 6.61. The first kappa shape index (κ1) is 15.7. The van der Waals surface area contributed by atoms with Crippen LogP contribution in [-0.2, 0) is 0 Å². The Kier molecular flexibility index (Phi) is 4.33. The van der Waals surface area contributed by atoms with Gasteiger partial charge in [0.1, 0.15) is 10.8 Å². The summed E-state index contributed by atoms with van der Waals surface area (Å²) in [6.45, 7) is 5.24. The van der Waals surface area contributed by atoms with Crippen molar-refractivity contribution in [1.29, 1.82) is 0 Å². The minimum atomic E-state index is 0.0302. The number of hydrogen-bond acceptors (Lipinski definition) is 5. The number of piperidine rings is 3. The number of amides is 1. The van der Waals surface area contributed by atoms with E-state index in [0.717, 1.165) is 22.2 Å². The predicted molar refractivity (Wildman–Crippen MR) is 92.2 cm³/mol. The normalized spacial score (nSPS) is 25.6.